The van der Waals surface area contributed by atoms with E-state index in [1.807, 2.05) is 24.3 Å². The van der Waals surface area contributed by atoms with Crippen LogP contribution in [0.25, 0.3) is 0 Å². The third-order valence-electron chi connectivity index (χ3n) is 4.22. The van der Waals surface area contributed by atoms with Gasteiger partial charge in [0.15, 0.2) is 0 Å². The van der Waals surface area contributed by atoms with Crippen molar-refractivity contribution in [1.82, 2.24) is 9.63 Å². The van der Waals surface area contributed by atoms with Crippen LogP contribution in [0.15, 0.2) is 54.7 Å². The number of rotatable bonds is 3. The van der Waals surface area contributed by atoms with Gasteiger partial charge < -0.3 is 9.74 Å². The van der Waals surface area contributed by atoms with Gasteiger partial charge >= 0.3 is 6.09 Å². The molecule has 114 valence electrons. The highest BCUT2D eigenvalue weighted by atomic mass is 32.1. The summed E-state index contributed by atoms with van der Waals surface area (Å²) in [6.45, 7) is 0. The molecule has 0 unspecified atom stereocenters. The molecule has 22 heavy (non-hydrogen) atoms. The summed E-state index contributed by atoms with van der Waals surface area (Å²) in [4.78, 5) is 19.3. The smallest absolute Gasteiger partial charge is 0.316 e. The standard InChI is InChI=1S/C17H18N2O2S/c1-18(17(20)21-19-12-6-5-9-16(19)22)15-11-10-14(15)13-7-3-2-4-8-13/h2-9,12,14-15H,10-11H2,1H3/t14-,15+/m1/s1. The second-order valence-corrected chi connectivity index (χ2v) is 5.91. The van der Waals surface area contributed by atoms with E-state index in [0.717, 1.165) is 12.8 Å². The zero-order valence-corrected chi connectivity index (χ0v) is 13.2. The molecule has 5 heteroatoms. The van der Waals surface area contributed by atoms with Crippen LogP contribution in [0, 0.1) is 4.64 Å². The molecule has 0 aliphatic heterocycles. The minimum absolute atomic E-state index is 0.174. The molecule has 1 aliphatic rings. The second-order valence-electron chi connectivity index (χ2n) is 5.49. The maximum Gasteiger partial charge on any atom is 0.434 e. The number of carbonyl (C=O) groups excluding carboxylic acids is 1. The molecule has 1 heterocycles. The van der Waals surface area contributed by atoms with Gasteiger partial charge in [0, 0.05) is 25.2 Å². The summed E-state index contributed by atoms with van der Waals surface area (Å²) < 4.78 is 1.79. The highest BCUT2D eigenvalue weighted by molar-refractivity contribution is 7.71. The highest BCUT2D eigenvalue weighted by Crippen LogP contribution is 2.39. The molecule has 2 aromatic rings. The van der Waals surface area contributed by atoms with E-state index in [1.165, 1.54) is 10.3 Å². The fourth-order valence-electron chi connectivity index (χ4n) is 2.81. The Kier molecular flexibility index (Phi) is 4.24. The number of hydrogen-bond acceptors (Lipinski definition) is 3. The number of hydrogen-bond donors (Lipinski definition) is 0. The lowest BCUT2D eigenvalue weighted by Gasteiger charge is -2.42. The normalized spacial score (nSPS) is 20.0. The average Bonchev–Trinajstić information content (AvgIpc) is 2.49. The molecule has 0 spiro atoms. The Morgan fingerprint density at radius 3 is 2.55 bits per heavy atom. The average molecular weight is 314 g/mol. The van der Waals surface area contributed by atoms with Gasteiger partial charge in [0.2, 0.25) is 0 Å². The Morgan fingerprint density at radius 2 is 1.91 bits per heavy atom. The predicted octanol–water partition coefficient (Wildman–Crippen LogP) is 3.64. The van der Waals surface area contributed by atoms with Gasteiger partial charge in [-0.3, -0.25) is 0 Å². The molecule has 2 atom stereocenters. The number of carbonyl (C=O) groups is 1. The van der Waals surface area contributed by atoms with Gasteiger partial charge in [-0.05, 0) is 30.5 Å². The van der Waals surface area contributed by atoms with Crippen LogP contribution in [0.1, 0.15) is 24.3 Å². The minimum atomic E-state index is -0.382. The van der Waals surface area contributed by atoms with Crippen molar-refractivity contribution in [3.63, 3.8) is 0 Å². The van der Waals surface area contributed by atoms with Crippen LogP contribution >= 0.6 is 12.2 Å². The van der Waals surface area contributed by atoms with Crippen LogP contribution in [0.5, 0.6) is 0 Å². The van der Waals surface area contributed by atoms with Crippen molar-refractivity contribution in [3.05, 3.63) is 64.9 Å². The van der Waals surface area contributed by atoms with Crippen molar-refractivity contribution in [2.24, 2.45) is 0 Å². The third-order valence-corrected chi connectivity index (χ3v) is 4.53. The van der Waals surface area contributed by atoms with Crippen LogP contribution < -0.4 is 4.84 Å². The summed E-state index contributed by atoms with van der Waals surface area (Å²) in [7, 11) is 1.79. The van der Waals surface area contributed by atoms with Crippen molar-refractivity contribution in [2.45, 2.75) is 24.8 Å². The van der Waals surface area contributed by atoms with Crippen LogP contribution in [0.3, 0.4) is 0 Å². The van der Waals surface area contributed by atoms with Gasteiger partial charge in [-0.15, -0.1) is 0 Å². The number of likely N-dealkylation sites (N-methyl/N-ethyl adjacent to an activating group) is 1. The van der Waals surface area contributed by atoms with E-state index in [4.69, 9.17) is 17.1 Å². The van der Waals surface area contributed by atoms with Crippen LogP contribution in [0.2, 0.25) is 0 Å². The summed E-state index contributed by atoms with van der Waals surface area (Å²) in [6.07, 6.45) is 3.35. The van der Waals surface area contributed by atoms with E-state index < -0.39 is 0 Å². The molecule has 4 nitrogen and oxygen atoms in total. The first kappa shape index (κ1) is 14.8. The zero-order chi connectivity index (χ0) is 15.5. The first-order valence-corrected chi connectivity index (χ1v) is 7.75. The predicted molar refractivity (Wildman–Crippen MR) is 87.2 cm³/mol. The van der Waals surface area contributed by atoms with E-state index >= 15 is 0 Å². The maximum absolute atomic E-state index is 12.3. The topological polar surface area (TPSA) is 34.5 Å². The lowest BCUT2D eigenvalue weighted by molar-refractivity contribution is 0.0625. The number of benzene rings is 1. The first-order valence-electron chi connectivity index (χ1n) is 7.34. The van der Waals surface area contributed by atoms with Gasteiger partial charge in [-0.2, -0.15) is 4.73 Å². The van der Waals surface area contributed by atoms with E-state index in [-0.39, 0.29) is 12.1 Å². The fourth-order valence-corrected chi connectivity index (χ4v) is 2.98. The summed E-state index contributed by atoms with van der Waals surface area (Å²) in [6, 6.07) is 15.8. The van der Waals surface area contributed by atoms with E-state index in [0.29, 0.717) is 10.6 Å². The summed E-state index contributed by atoms with van der Waals surface area (Å²) in [5, 5.41) is 0. The lowest BCUT2D eigenvalue weighted by Crippen LogP contribution is -2.48. The van der Waals surface area contributed by atoms with Gasteiger partial charge in [0.25, 0.3) is 0 Å². The summed E-state index contributed by atoms with van der Waals surface area (Å²) in [5.41, 5.74) is 1.27. The Morgan fingerprint density at radius 1 is 1.18 bits per heavy atom. The van der Waals surface area contributed by atoms with Crippen molar-refractivity contribution >= 4 is 18.3 Å². The summed E-state index contributed by atoms with van der Waals surface area (Å²) in [5.74, 6) is 0.377. The van der Waals surface area contributed by atoms with Crippen LogP contribution in [0.4, 0.5) is 4.79 Å². The molecule has 1 saturated carbocycles. The van der Waals surface area contributed by atoms with E-state index in [1.54, 1.807) is 30.3 Å². The quantitative estimate of drug-likeness (QED) is 0.811. The van der Waals surface area contributed by atoms with Crippen molar-refractivity contribution in [2.75, 3.05) is 7.05 Å². The number of amides is 1. The van der Waals surface area contributed by atoms with Gasteiger partial charge in [-0.25, -0.2) is 4.79 Å². The van der Waals surface area contributed by atoms with Crippen molar-refractivity contribution in [1.29, 1.82) is 0 Å². The monoisotopic (exact) mass is 314 g/mol. The van der Waals surface area contributed by atoms with Gasteiger partial charge in [0.05, 0.1) is 0 Å². The molecule has 1 fully saturated rings. The molecule has 0 saturated heterocycles. The second kappa shape index (κ2) is 6.32. The largest absolute Gasteiger partial charge is 0.434 e. The molecule has 0 radical (unpaired) electrons. The first-order chi connectivity index (χ1) is 10.7. The van der Waals surface area contributed by atoms with Crippen molar-refractivity contribution < 1.29 is 9.63 Å². The Labute approximate surface area is 134 Å². The lowest BCUT2D eigenvalue weighted by atomic mass is 9.74. The van der Waals surface area contributed by atoms with Crippen molar-refractivity contribution in [3.8, 4) is 0 Å². The Bertz CT molecular complexity index is 714. The number of pyridine rings is 1. The molecule has 1 aromatic heterocycles. The number of nitrogens with zero attached hydrogens (tertiary/aromatic N) is 2. The maximum atomic E-state index is 12.3. The Balaban J connectivity index is 1.69. The molecule has 1 amide bonds. The van der Waals surface area contributed by atoms with Gasteiger partial charge in [0.1, 0.15) is 4.64 Å². The molecule has 3 rings (SSSR count). The van der Waals surface area contributed by atoms with Crippen LogP contribution in [-0.4, -0.2) is 28.8 Å². The minimum Gasteiger partial charge on any atom is -0.316 e. The van der Waals surface area contributed by atoms with Gasteiger partial charge in [-0.1, -0.05) is 48.6 Å². The molecular formula is C17H18N2O2S. The molecular weight excluding hydrogens is 296 g/mol. The van der Waals surface area contributed by atoms with E-state index in [9.17, 15) is 4.79 Å². The highest BCUT2D eigenvalue weighted by Gasteiger charge is 2.37. The SMILES string of the molecule is CN(C(=O)On1ccccc1=S)[C@H]1CC[C@@H]1c1ccccc1. The fraction of sp³-hybridized carbons (Fsp3) is 0.294. The third kappa shape index (κ3) is 2.90. The summed E-state index contributed by atoms with van der Waals surface area (Å²) >= 11 is 5.13. The molecule has 0 bridgehead atoms. The molecule has 0 N–H and O–H groups in total. The molecule has 1 aromatic carbocycles. The van der Waals surface area contributed by atoms with E-state index in [2.05, 4.69) is 12.1 Å². The Hall–Kier alpha value is -2.14. The number of aromatic nitrogens is 1. The van der Waals surface area contributed by atoms with Crippen LogP contribution in [-0.2, 0) is 0 Å². The molecule has 1 aliphatic carbocycles. The zero-order valence-electron chi connectivity index (χ0n) is 12.4.